The molecule has 1 rings (SSSR count). The Morgan fingerprint density at radius 3 is 2.50 bits per heavy atom. The molecule has 1 atom stereocenters. The minimum atomic E-state index is 0.284. The van der Waals surface area contributed by atoms with Gasteiger partial charge in [-0.3, -0.25) is 0 Å². The number of aryl methyl sites for hydroxylation is 1. The lowest BCUT2D eigenvalue weighted by molar-refractivity contribution is 0.247. The number of hydrogen-bond donors (Lipinski definition) is 1. The minimum absolute atomic E-state index is 0.284. The number of nitrogens with zero attached hydrogens (tertiary/aromatic N) is 1. The molecule has 0 amide bonds. The third-order valence-corrected chi connectivity index (χ3v) is 3.56. The Bertz CT molecular complexity index is 286. The van der Waals surface area contributed by atoms with E-state index in [1.54, 1.807) is 11.3 Å². The third kappa shape index (κ3) is 3.07. The molecule has 1 aromatic heterocycles. The zero-order valence-corrected chi connectivity index (χ0v) is 10.3. The molecule has 0 bridgehead atoms. The van der Waals surface area contributed by atoms with E-state index in [2.05, 4.69) is 25.8 Å². The van der Waals surface area contributed by atoms with Crippen molar-refractivity contribution in [3.05, 3.63) is 16.1 Å². The van der Waals surface area contributed by atoms with Crippen molar-refractivity contribution < 1.29 is 0 Å². The maximum Gasteiger partial charge on any atom is 0.0896 e. The van der Waals surface area contributed by atoms with E-state index in [9.17, 15) is 0 Å². The van der Waals surface area contributed by atoms with Crippen LogP contribution in [0.2, 0.25) is 0 Å². The summed E-state index contributed by atoms with van der Waals surface area (Å²) in [5.74, 6) is 0.544. The van der Waals surface area contributed by atoms with Crippen LogP contribution >= 0.6 is 11.3 Å². The molecular weight excluding hydrogens is 192 g/mol. The van der Waals surface area contributed by atoms with E-state index < -0.39 is 0 Å². The molecule has 1 aromatic rings. The number of rotatable bonds is 3. The predicted molar refractivity (Wildman–Crippen MR) is 62.6 cm³/mol. The first-order valence-electron chi connectivity index (χ1n) is 5.05. The van der Waals surface area contributed by atoms with E-state index in [0.29, 0.717) is 5.92 Å². The average molecular weight is 212 g/mol. The van der Waals surface area contributed by atoms with Crippen LogP contribution in [0.3, 0.4) is 0 Å². The number of nitrogens with two attached hydrogens (primary N) is 1. The first-order chi connectivity index (χ1) is 6.43. The van der Waals surface area contributed by atoms with Crippen LogP contribution in [0.15, 0.2) is 6.20 Å². The van der Waals surface area contributed by atoms with Crippen LogP contribution in [-0.4, -0.2) is 11.5 Å². The van der Waals surface area contributed by atoms with Crippen LogP contribution in [0.1, 0.15) is 30.7 Å². The number of hydrogen-bond acceptors (Lipinski definition) is 3. The zero-order chi connectivity index (χ0) is 10.8. The van der Waals surface area contributed by atoms with Crippen molar-refractivity contribution in [1.82, 2.24) is 4.98 Å². The lowest BCUT2D eigenvalue weighted by atomic mass is 9.78. The molecule has 0 radical (unpaired) electrons. The molecule has 0 saturated carbocycles. The summed E-state index contributed by atoms with van der Waals surface area (Å²) in [7, 11) is 0. The summed E-state index contributed by atoms with van der Waals surface area (Å²) in [6.07, 6.45) is 3.04. The van der Waals surface area contributed by atoms with Gasteiger partial charge < -0.3 is 5.73 Å². The van der Waals surface area contributed by atoms with Gasteiger partial charge in [0, 0.05) is 11.1 Å². The van der Waals surface area contributed by atoms with Crippen molar-refractivity contribution in [1.29, 1.82) is 0 Å². The molecule has 1 unspecified atom stereocenters. The highest BCUT2D eigenvalue weighted by Crippen LogP contribution is 2.29. The van der Waals surface area contributed by atoms with Crippen molar-refractivity contribution in [3.8, 4) is 0 Å². The van der Waals surface area contributed by atoms with E-state index in [0.717, 1.165) is 18.0 Å². The maximum absolute atomic E-state index is 5.80. The van der Waals surface area contributed by atoms with Crippen LogP contribution in [0.25, 0.3) is 0 Å². The van der Waals surface area contributed by atoms with Gasteiger partial charge in [-0.05, 0) is 31.2 Å². The zero-order valence-electron chi connectivity index (χ0n) is 9.50. The highest BCUT2D eigenvalue weighted by Gasteiger charge is 2.23. The highest BCUT2D eigenvalue weighted by molar-refractivity contribution is 7.11. The van der Waals surface area contributed by atoms with Crippen molar-refractivity contribution in [2.45, 2.75) is 34.1 Å². The standard InChI is InChI=1S/C11H20N2S/c1-8-13-7-10(14-8)5-9(6-12)11(2,3)4/h7,9H,5-6,12H2,1-4H3. The van der Waals surface area contributed by atoms with Gasteiger partial charge in [0.05, 0.1) is 5.01 Å². The van der Waals surface area contributed by atoms with Gasteiger partial charge in [-0.2, -0.15) is 0 Å². The van der Waals surface area contributed by atoms with Crippen LogP contribution in [-0.2, 0) is 6.42 Å². The molecule has 0 aliphatic rings. The van der Waals surface area contributed by atoms with E-state index in [-0.39, 0.29) is 5.41 Å². The molecule has 0 saturated heterocycles. The van der Waals surface area contributed by atoms with Crippen molar-refractivity contribution in [2.24, 2.45) is 17.1 Å². The van der Waals surface area contributed by atoms with E-state index in [4.69, 9.17) is 5.73 Å². The first kappa shape index (κ1) is 11.7. The number of thiazole rings is 1. The molecule has 0 aliphatic heterocycles. The van der Waals surface area contributed by atoms with Crippen LogP contribution in [0, 0.1) is 18.3 Å². The Hall–Kier alpha value is -0.410. The summed E-state index contributed by atoms with van der Waals surface area (Å²) < 4.78 is 0. The van der Waals surface area contributed by atoms with Crippen LogP contribution in [0.4, 0.5) is 0 Å². The fourth-order valence-electron chi connectivity index (χ4n) is 1.49. The summed E-state index contributed by atoms with van der Waals surface area (Å²) in [5.41, 5.74) is 6.08. The lowest BCUT2D eigenvalue weighted by Crippen LogP contribution is -2.29. The molecule has 2 nitrogen and oxygen atoms in total. The highest BCUT2D eigenvalue weighted by atomic mass is 32.1. The van der Waals surface area contributed by atoms with Crippen LogP contribution in [0.5, 0.6) is 0 Å². The van der Waals surface area contributed by atoms with E-state index in [1.165, 1.54) is 4.88 Å². The molecule has 2 N–H and O–H groups in total. The van der Waals surface area contributed by atoms with Gasteiger partial charge >= 0.3 is 0 Å². The van der Waals surface area contributed by atoms with Crippen LogP contribution < -0.4 is 5.73 Å². The van der Waals surface area contributed by atoms with E-state index >= 15 is 0 Å². The molecule has 14 heavy (non-hydrogen) atoms. The van der Waals surface area contributed by atoms with Gasteiger partial charge in [0.1, 0.15) is 0 Å². The Balaban J connectivity index is 2.66. The van der Waals surface area contributed by atoms with Crippen molar-refractivity contribution in [2.75, 3.05) is 6.54 Å². The second kappa shape index (κ2) is 4.41. The summed E-state index contributed by atoms with van der Waals surface area (Å²) in [5, 5.41) is 1.14. The summed E-state index contributed by atoms with van der Waals surface area (Å²) in [6, 6.07) is 0. The predicted octanol–water partition coefficient (Wildman–Crippen LogP) is 2.62. The quantitative estimate of drug-likeness (QED) is 0.836. The van der Waals surface area contributed by atoms with Gasteiger partial charge in [-0.1, -0.05) is 20.8 Å². The largest absolute Gasteiger partial charge is 0.330 e. The Morgan fingerprint density at radius 1 is 1.50 bits per heavy atom. The maximum atomic E-state index is 5.80. The topological polar surface area (TPSA) is 38.9 Å². The van der Waals surface area contributed by atoms with Gasteiger partial charge in [-0.25, -0.2) is 4.98 Å². The molecule has 3 heteroatoms. The number of aromatic nitrogens is 1. The molecule has 0 aromatic carbocycles. The second-order valence-electron chi connectivity index (χ2n) is 4.85. The summed E-state index contributed by atoms with van der Waals surface area (Å²) in [6.45, 7) is 9.54. The normalized spacial score (nSPS) is 14.4. The Morgan fingerprint density at radius 2 is 2.14 bits per heavy atom. The van der Waals surface area contributed by atoms with Crippen molar-refractivity contribution >= 4 is 11.3 Å². The Labute approximate surface area is 90.6 Å². The third-order valence-electron chi connectivity index (χ3n) is 2.63. The van der Waals surface area contributed by atoms with Gasteiger partial charge in [0.15, 0.2) is 0 Å². The fourth-order valence-corrected chi connectivity index (χ4v) is 2.36. The fraction of sp³-hybridized carbons (Fsp3) is 0.727. The molecule has 0 aliphatic carbocycles. The molecule has 80 valence electrons. The second-order valence-corrected chi connectivity index (χ2v) is 6.17. The minimum Gasteiger partial charge on any atom is -0.330 e. The van der Waals surface area contributed by atoms with Gasteiger partial charge in [0.25, 0.3) is 0 Å². The van der Waals surface area contributed by atoms with E-state index in [1.807, 2.05) is 13.1 Å². The molecular formula is C11H20N2S. The SMILES string of the molecule is Cc1ncc(CC(CN)C(C)(C)C)s1. The molecule has 0 fully saturated rings. The first-order valence-corrected chi connectivity index (χ1v) is 5.86. The summed E-state index contributed by atoms with van der Waals surface area (Å²) >= 11 is 1.78. The smallest absolute Gasteiger partial charge is 0.0896 e. The molecule has 1 heterocycles. The molecule has 0 spiro atoms. The lowest BCUT2D eigenvalue weighted by Gasteiger charge is -2.29. The Kier molecular flexibility index (Phi) is 3.67. The van der Waals surface area contributed by atoms with Gasteiger partial charge in [-0.15, -0.1) is 11.3 Å². The average Bonchev–Trinajstić information content (AvgIpc) is 2.45. The summed E-state index contributed by atoms with van der Waals surface area (Å²) in [4.78, 5) is 5.62. The van der Waals surface area contributed by atoms with Gasteiger partial charge in [0.2, 0.25) is 0 Å². The van der Waals surface area contributed by atoms with Crippen molar-refractivity contribution in [3.63, 3.8) is 0 Å². The monoisotopic (exact) mass is 212 g/mol.